The van der Waals surface area contributed by atoms with Crippen molar-refractivity contribution in [3.05, 3.63) is 0 Å². The molecular formula is C15H29NO. The van der Waals surface area contributed by atoms with E-state index in [9.17, 15) is 5.11 Å². The average molecular weight is 239 g/mol. The molecule has 2 heteroatoms. The van der Waals surface area contributed by atoms with Crippen molar-refractivity contribution in [2.45, 2.75) is 89.8 Å². The Balaban J connectivity index is 1.82. The highest BCUT2D eigenvalue weighted by Gasteiger charge is 2.28. The molecular weight excluding hydrogens is 210 g/mol. The lowest BCUT2D eigenvalue weighted by atomic mass is 9.85. The quantitative estimate of drug-likeness (QED) is 0.725. The Hall–Kier alpha value is -0.0800. The molecule has 0 amide bonds. The SMILES string of the molecule is CC1(C)CCCC(NC2CCCCC2O)CC1. The van der Waals surface area contributed by atoms with E-state index in [-0.39, 0.29) is 6.10 Å². The number of nitrogens with one attached hydrogen (secondary N) is 1. The molecule has 2 aliphatic carbocycles. The number of hydrogen-bond donors (Lipinski definition) is 2. The zero-order valence-electron chi connectivity index (χ0n) is 11.5. The molecule has 3 unspecified atom stereocenters. The molecule has 3 atom stereocenters. The lowest BCUT2D eigenvalue weighted by Gasteiger charge is -2.32. The molecule has 2 aliphatic rings. The van der Waals surface area contributed by atoms with Crippen LogP contribution in [0.4, 0.5) is 0 Å². The van der Waals surface area contributed by atoms with E-state index in [4.69, 9.17) is 0 Å². The second-order valence-corrected chi connectivity index (χ2v) is 6.92. The second-order valence-electron chi connectivity index (χ2n) is 6.92. The number of hydrogen-bond acceptors (Lipinski definition) is 2. The first-order valence-corrected chi connectivity index (χ1v) is 7.51. The summed E-state index contributed by atoms with van der Waals surface area (Å²) in [6.45, 7) is 4.79. The summed E-state index contributed by atoms with van der Waals surface area (Å²) in [4.78, 5) is 0. The van der Waals surface area contributed by atoms with Crippen LogP contribution in [0.1, 0.15) is 71.6 Å². The van der Waals surface area contributed by atoms with E-state index in [0.29, 0.717) is 17.5 Å². The highest BCUT2D eigenvalue weighted by atomic mass is 16.3. The zero-order chi connectivity index (χ0) is 12.3. The minimum Gasteiger partial charge on any atom is -0.392 e. The Kier molecular flexibility index (Phi) is 4.48. The molecule has 0 aromatic rings. The molecule has 2 saturated carbocycles. The van der Waals surface area contributed by atoms with Gasteiger partial charge in [-0.15, -0.1) is 0 Å². The van der Waals surface area contributed by atoms with Gasteiger partial charge in [0.1, 0.15) is 0 Å². The first kappa shape index (κ1) is 13.4. The molecule has 0 aliphatic heterocycles. The Labute approximate surface area is 106 Å². The summed E-state index contributed by atoms with van der Waals surface area (Å²) in [6, 6.07) is 1.02. The highest BCUT2D eigenvalue weighted by Crippen LogP contribution is 2.34. The zero-order valence-corrected chi connectivity index (χ0v) is 11.5. The summed E-state index contributed by atoms with van der Waals surface area (Å²) >= 11 is 0. The topological polar surface area (TPSA) is 32.3 Å². The molecule has 2 rings (SSSR count). The van der Waals surface area contributed by atoms with Crippen molar-refractivity contribution >= 4 is 0 Å². The lowest BCUT2D eigenvalue weighted by molar-refractivity contribution is 0.0833. The van der Waals surface area contributed by atoms with Crippen molar-refractivity contribution in [1.29, 1.82) is 0 Å². The maximum absolute atomic E-state index is 10.0. The number of aliphatic hydroxyl groups excluding tert-OH is 1. The van der Waals surface area contributed by atoms with E-state index in [2.05, 4.69) is 19.2 Å². The van der Waals surface area contributed by atoms with Crippen LogP contribution >= 0.6 is 0 Å². The normalized spacial score (nSPS) is 38.6. The minimum absolute atomic E-state index is 0.0972. The van der Waals surface area contributed by atoms with E-state index in [1.165, 1.54) is 51.4 Å². The van der Waals surface area contributed by atoms with Crippen molar-refractivity contribution in [3.8, 4) is 0 Å². The Morgan fingerprint density at radius 3 is 2.47 bits per heavy atom. The third-order valence-corrected chi connectivity index (χ3v) is 4.75. The van der Waals surface area contributed by atoms with E-state index >= 15 is 0 Å². The fourth-order valence-corrected chi connectivity index (χ4v) is 3.44. The molecule has 0 radical (unpaired) electrons. The molecule has 100 valence electrons. The van der Waals surface area contributed by atoms with Crippen LogP contribution < -0.4 is 5.32 Å². The van der Waals surface area contributed by atoms with Gasteiger partial charge >= 0.3 is 0 Å². The van der Waals surface area contributed by atoms with E-state index in [1.54, 1.807) is 0 Å². The summed E-state index contributed by atoms with van der Waals surface area (Å²) < 4.78 is 0. The van der Waals surface area contributed by atoms with Gasteiger partial charge in [0, 0.05) is 12.1 Å². The Morgan fingerprint density at radius 1 is 0.941 bits per heavy atom. The molecule has 2 fully saturated rings. The standard InChI is InChI=1S/C15H29NO/c1-15(2)10-5-6-12(9-11-15)16-13-7-3-4-8-14(13)17/h12-14,16-17H,3-11H2,1-2H3. The third-order valence-electron chi connectivity index (χ3n) is 4.75. The van der Waals surface area contributed by atoms with Gasteiger partial charge in [-0.2, -0.15) is 0 Å². The summed E-state index contributed by atoms with van der Waals surface area (Å²) in [6.07, 6.45) is 11.2. The lowest BCUT2D eigenvalue weighted by Crippen LogP contribution is -2.46. The first-order chi connectivity index (χ1) is 8.07. The number of rotatable bonds is 2. The molecule has 2 nitrogen and oxygen atoms in total. The van der Waals surface area contributed by atoms with E-state index < -0.39 is 0 Å². The van der Waals surface area contributed by atoms with Crippen LogP contribution in [0.3, 0.4) is 0 Å². The molecule has 0 heterocycles. The van der Waals surface area contributed by atoms with Crippen molar-refractivity contribution in [2.75, 3.05) is 0 Å². The van der Waals surface area contributed by atoms with Crippen molar-refractivity contribution < 1.29 is 5.11 Å². The molecule has 0 aromatic heterocycles. The molecule has 17 heavy (non-hydrogen) atoms. The van der Waals surface area contributed by atoms with Gasteiger partial charge in [-0.1, -0.05) is 33.1 Å². The monoisotopic (exact) mass is 239 g/mol. The van der Waals surface area contributed by atoms with Crippen LogP contribution in [0.5, 0.6) is 0 Å². The first-order valence-electron chi connectivity index (χ1n) is 7.51. The third kappa shape index (κ3) is 3.96. The summed E-state index contributed by atoms with van der Waals surface area (Å²) in [5, 5.41) is 13.7. The predicted octanol–water partition coefficient (Wildman–Crippen LogP) is 3.24. The maximum atomic E-state index is 10.0. The van der Waals surface area contributed by atoms with Crippen molar-refractivity contribution in [1.82, 2.24) is 5.32 Å². The largest absolute Gasteiger partial charge is 0.392 e. The van der Waals surface area contributed by atoms with Gasteiger partial charge in [0.15, 0.2) is 0 Å². The van der Waals surface area contributed by atoms with Crippen LogP contribution in [-0.4, -0.2) is 23.3 Å². The Bertz CT molecular complexity index is 239. The fraction of sp³-hybridized carbons (Fsp3) is 1.00. The van der Waals surface area contributed by atoms with Crippen LogP contribution in [0, 0.1) is 5.41 Å². The maximum Gasteiger partial charge on any atom is 0.0693 e. The van der Waals surface area contributed by atoms with Crippen LogP contribution in [0.25, 0.3) is 0 Å². The molecule has 0 saturated heterocycles. The second kappa shape index (κ2) is 5.71. The van der Waals surface area contributed by atoms with Gasteiger partial charge in [-0.05, 0) is 43.9 Å². The fourth-order valence-electron chi connectivity index (χ4n) is 3.44. The molecule has 2 N–H and O–H groups in total. The van der Waals surface area contributed by atoms with Crippen LogP contribution in [0.2, 0.25) is 0 Å². The average Bonchev–Trinajstić information content (AvgIpc) is 2.44. The summed E-state index contributed by atoms with van der Waals surface area (Å²) in [7, 11) is 0. The van der Waals surface area contributed by atoms with Gasteiger partial charge in [-0.25, -0.2) is 0 Å². The van der Waals surface area contributed by atoms with Gasteiger partial charge < -0.3 is 10.4 Å². The molecule has 0 spiro atoms. The molecule has 0 aromatic carbocycles. The summed E-state index contributed by atoms with van der Waals surface area (Å²) in [5.41, 5.74) is 0.529. The van der Waals surface area contributed by atoms with Crippen molar-refractivity contribution in [2.24, 2.45) is 5.41 Å². The van der Waals surface area contributed by atoms with Gasteiger partial charge in [-0.3, -0.25) is 0 Å². The molecule has 0 bridgehead atoms. The smallest absolute Gasteiger partial charge is 0.0693 e. The van der Waals surface area contributed by atoms with Gasteiger partial charge in [0.2, 0.25) is 0 Å². The predicted molar refractivity (Wildman–Crippen MR) is 72.1 cm³/mol. The highest BCUT2D eigenvalue weighted by molar-refractivity contribution is 4.86. The van der Waals surface area contributed by atoms with Crippen molar-refractivity contribution in [3.63, 3.8) is 0 Å². The van der Waals surface area contributed by atoms with Crippen LogP contribution in [0.15, 0.2) is 0 Å². The summed E-state index contributed by atoms with van der Waals surface area (Å²) in [5.74, 6) is 0. The Morgan fingerprint density at radius 2 is 1.71 bits per heavy atom. The van der Waals surface area contributed by atoms with Gasteiger partial charge in [0.25, 0.3) is 0 Å². The number of aliphatic hydroxyl groups is 1. The minimum atomic E-state index is -0.0972. The van der Waals surface area contributed by atoms with E-state index in [0.717, 1.165) is 6.42 Å². The van der Waals surface area contributed by atoms with Crippen LogP contribution in [-0.2, 0) is 0 Å². The van der Waals surface area contributed by atoms with Gasteiger partial charge in [0.05, 0.1) is 6.10 Å². The van der Waals surface area contributed by atoms with E-state index in [1.807, 2.05) is 0 Å².